The molecule has 2 rings (SSSR count). The van der Waals surface area contributed by atoms with E-state index >= 15 is 0 Å². The number of amides is 2. The zero-order valence-corrected chi connectivity index (χ0v) is 13.7. The number of hydrogen-bond acceptors (Lipinski definition) is 4. The quantitative estimate of drug-likeness (QED) is 0.700. The Kier molecular flexibility index (Phi) is 5.28. The van der Waals surface area contributed by atoms with Crippen LogP contribution >= 0.6 is 0 Å². The molecular weight excluding hydrogens is 284 g/mol. The fraction of sp³-hybridized carbons (Fsp3) is 0.867. The van der Waals surface area contributed by atoms with Crippen LogP contribution < -0.4 is 11.1 Å². The molecule has 7 nitrogen and oxygen atoms in total. The van der Waals surface area contributed by atoms with Gasteiger partial charge in [-0.15, -0.1) is 0 Å². The van der Waals surface area contributed by atoms with E-state index in [2.05, 4.69) is 31.1 Å². The molecule has 0 aromatic rings. The Morgan fingerprint density at radius 2 is 2.09 bits per heavy atom. The van der Waals surface area contributed by atoms with Gasteiger partial charge in [-0.25, -0.2) is 4.79 Å². The van der Waals surface area contributed by atoms with Gasteiger partial charge in [0.25, 0.3) is 0 Å². The molecule has 22 heavy (non-hydrogen) atoms. The summed E-state index contributed by atoms with van der Waals surface area (Å²) >= 11 is 0. The zero-order valence-electron chi connectivity index (χ0n) is 13.7. The van der Waals surface area contributed by atoms with Gasteiger partial charge in [-0.3, -0.25) is 4.79 Å². The van der Waals surface area contributed by atoms with Crippen molar-refractivity contribution in [3.05, 3.63) is 0 Å². The van der Waals surface area contributed by atoms with E-state index in [9.17, 15) is 9.59 Å². The second-order valence-corrected chi connectivity index (χ2v) is 6.78. The summed E-state index contributed by atoms with van der Waals surface area (Å²) in [5.74, 6) is -0.126. The van der Waals surface area contributed by atoms with E-state index in [1.807, 2.05) is 0 Å². The molecular formula is C15H28N4O3. The number of nitrogens with two attached hydrogens (primary N) is 1. The first-order valence-corrected chi connectivity index (χ1v) is 8.08. The Hall–Kier alpha value is -1.34. The summed E-state index contributed by atoms with van der Waals surface area (Å²) in [6.07, 6.45) is 2.17. The van der Waals surface area contributed by atoms with Crippen molar-refractivity contribution in [1.29, 1.82) is 0 Å². The Bertz CT molecular complexity index is 429. The lowest BCUT2D eigenvalue weighted by Gasteiger charge is -2.43. The molecule has 126 valence electrons. The molecule has 2 amide bonds. The van der Waals surface area contributed by atoms with Gasteiger partial charge in [-0.1, -0.05) is 0 Å². The summed E-state index contributed by atoms with van der Waals surface area (Å²) in [6, 6.07) is 0.307. The van der Waals surface area contributed by atoms with Crippen molar-refractivity contribution < 1.29 is 14.7 Å². The van der Waals surface area contributed by atoms with E-state index < -0.39 is 12.1 Å². The fourth-order valence-electron chi connectivity index (χ4n) is 3.66. The predicted molar refractivity (Wildman–Crippen MR) is 83.6 cm³/mol. The highest BCUT2D eigenvalue weighted by Gasteiger charge is 2.41. The number of nitrogens with one attached hydrogen (secondary N) is 1. The predicted octanol–water partition coefficient (Wildman–Crippen LogP) is 0.444. The van der Waals surface area contributed by atoms with Gasteiger partial charge in [-0.05, 0) is 46.6 Å². The SMILES string of the molecule is CC(C)N(C)[C@@H]1CC[C@H](N2CCC(NC(=O)O)C2=O)[C@H](N)C1. The normalized spacial score (nSPS) is 32.8. The summed E-state index contributed by atoms with van der Waals surface area (Å²) < 4.78 is 0. The minimum Gasteiger partial charge on any atom is -0.465 e. The van der Waals surface area contributed by atoms with Crippen molar-refractivity contribution in [3.63, 3.8) is 0 Å². The number of carbonyl (C=O) groups excluding carboxylic acids is 1. The van der Waals surface area contributed by atoms with Crippen LogP contribution in [0.25, 0.3) is 0 Å². The number of likely N-dealkylation sites (tertiary alicyclic amines) is 1. The van der Waals surface area contributed by atoms with Crippen LogP contribution in [0, 0.1) is 0 Å². The van der Waals surface area contributed by atoms with Gasteiger partial charge in [0.2, 0.25) is 5.91 Å². The summed E-state index contributed by atoms with van der Waals surface area (Å²) in [7, 11) is 2.12. The third-order valence-corrected chi connectivity index (χ3v) is 5.16. The van der Waals surface area contributed by atoms with Gasteiger partial charge in [0.05, 0.1) is 0 Å². The Morgan fingerprint density at radius 3 is 2.64 bits per heavy atom. The van der Waals surface area contributed by atoms with Crippen LogP contribution in [0.15, 0.2) is 0 Å². The standard InChI is InChI=1S/C15H28N4O3/c1-9(2)18(3)10-4-5-13(11(16)8-10)19-7-6-12(14(19)20)17-15(21)22/h9-13,17H,4-8,16H2,1-3H3,(H,21,22)/t10-,11-,12?,13+/m1/s1. The first-order valence-electron chi connectivity index (χ1n) is 8.08. The lowest BCUT2D eigenvalue weighted by atomic mass is 9.85. The van der Waals surface area contributed by atoms with Crippen LogP contribution in [0.5, 0.6) is 0 Å². The highest BCUT2D eigenvalue weighted by molar-refractivity contribution is 5.87. The lowest BCUT2D eigenvalue weighted by molar-refractivity contribution is -0.132. The van der Waals surface area contributed by atoms with Crippen LogP contribution in [0.1, 0.15) is 39.5 Å². The first kappa shape index (κ1) is 17.0. The lowest BCUT2D eigenvalue weighted by Crippen LogP contribution is -2.56. The molecule has 0 bridgehead atoms. The summed E-state index contributed by atoms with van der Waals surface area (Å²) in [5, 5.41) is 11.1. The Labute approximate surface area is 131 Å². The third-order valence-electron chi connectivity index (χ3n) is 5.16. The molecule has 0 spiro atoms. The fourth-order valence-corrected chi connectivity index (χ4v) is 3.66. The number of carbonyl (C=O) groups is 2. The number of carboxylic acid groups (broad SMARTS) is 1. The Balaban J connectivity index is 1.95. The molecule has 0 aromatic carbocycles. The van der Waals surface area contributed by atoms with E-state index in [4.69, 9.17) is 10.8 Å². The minimum atomic E-state index is -1.15. The van der Waals surface area contributed by atoms with E-state index in [0.717, 1.165) is 19.3 Å². The van der Waals surface area contributed by atoms with Crippen LogP contribution in [-0.2, 0) is 4.79 Å². The van der Waals surface area contributed by atoms with Crippen molar-refractivity contribution >= 4 is 12.0 Å². The molecule has 1 aliphatic heterocycles. The molecule has 2 fully saturated rings. The summed E-state index contributed by atoms with van der Waals surface area (Å²) in [6.45, 7) is 4.93. The van der Waals surface area contributed by atoms with Gasteiger partial charge >= 0.3 is 6.09 Å². The second kappa shape index (κ2) is 6.83. The smallest absolute Gasteiger partial charge is 0.405 e. The maximum atomic E-state index is 12.3. The Morgan fingerprint density at radius 1 is 1.41 bits per heavy atom. The van der Waals surface area contributed by atoms with Gasteiger partial charge in [0, 0.05) is 30.7 Å². The van der Waals surface area contributed by atoms with Crippen LogP contribution in [0.3, 0.4) is 0 Å². The maximum Gasteiger partial charge on any atom is 0.405 e. The van der Waals surface area contributed by atoms with Crippen LogP contribution in [0.4, 0.5) is 4.79 Å². The van der Waals surface area contributed by atoms with E-state index in [0.29, 0.717) is 25.0 Å². The number of rotatable bonds is 4. The molecule has 1 saturated heterocycles. The largest absolute Gasteiger partial charge is 0.465 e. The molecule has 4 N–H and O–H groups in total. The highest BCUT2D eigenvalue weighted by atomic mass is 16.4. The number of hydrogen-bond donors (Lipinski definition) is 3. The molecule has 0 aromatic heterocycles. The molecule has 0 radical (unpaired) electrons. The summed E-state index contributed by atoms with van der Waals surface area (Å²) in [5.41, 5.74) is 6.34. The molecule has 1 saturated carbocycles. The average molecular weight is 312 g/mol. The first-order chi connectivity index (χ1) is 10.3. The summed E-state index contributed by atoms with van der Waals surface area (Å²) in [4.78, 5) is 27.2. The molecule has 1 unspecified atom stereocenters. The minimum absolute atomic E-state index is 0.0323. The van der Waals surface area contributed by atoms with Crippen molar-refractivity contribution in [2.75, 3.05) is 13.6 Å². The average Bonchev–Trinajstić information content (AvgIpc) is 2.78. The van der Waals surface area contributed by atoms with E-state index in [1.165, 1.54) is 0 Å². The van der Waals surface area contributed by atoms with Crippen LogP contribution in [0.2, 0.25) is 0 Å². The second-order valence-electron chi connectivity index (χ2n) is 6.78. The molecule has 2 aliphatic rings. The molecule has 1 aliphatic carbocycles. The van der Waals surface area contributed by atoms with E-state index in [-0.39, 0.29) is 18.0 Å². The molecule has 1 heterocycles. The van der Waals surface area contributed by atoms with Crippen molar-refractivity contribution in [3.8, 4) is 0 Å². The van der Waals surface area contributed by atoms with Crippen molar-refractivity contribution in [1.82, 2.24) is 15.1 Å². The van der Waals surface area contributed by atoms with Crippen molar-refractivity contribution in [2.24, 2.45) is 5.73 Å². The third kappa shape index (κ3) is 3.52. The molecule has 4 atom stereocenters. The van der Waals surface area contributed by atoms with Gasteiger partial charge in [0.15, 0.2) is 0 Å². The monoisotopic (exact) mass is 312 g/mol. The highest BCUT2D eigenvalue weighted by Crippen LogP contribution is 2.29. The van der Waals surface area contributed by atoms with Gasteiger partial charge < -0.3 is 26.0 Å². The van der Waals surface area contributed by atoms with Crippen molar-refractivity contribution in [2.45, 2.75) is 69.7 Å². The van der Waals surface area contributed by atoms with Gasteiger partial charge in [0.1, 0.15) is 6.04 Å². The van der Waals surface area contributed by atoms with Gasteiger partial charge in [-0.2, -0.15) is 0 Å². The zero-order chi connectivity index (χ0) is 16.4. The topological polar surface area (TPSA) is 98.9 Å². The molecule has 7 heteroatoms. The van der Waals surface area contributed by atoms with E-state index in [1.54, 1.807) is 4.90 Å². The van der Waals surface area contributed by atoms with Crippen LogP contribution in [-0.4, -0.2) is 70.7 Å². The maximum absolute atomic E-state index is 12.3. The number of nitrogens with zero attached hydrogens (tertiary/aromatic N) is 2.